The number of carbonyl (C=O) groups is 2. The Bertz CT molecular complexity index is 637. The summed E-state index contributed by atoms with van der Waals surface area (Å²) in [5.74, 6) is -1.11. The minimum Gasteiger partial charge on any atom is -0.813 e. The van der Waals surface area contributed by atoms with E-state index in [0.717, 1.165) is 6.42 Å². The predicted octanol–water partition coefficient (Wildman–Crippen LogP) is 0.115. The van der Waals surface area contributed by atoms with E-state index in [-0.39, 0.29) is 37.6 Å². The van der Waals surface area contributed by atoms with Crippen LogP contribution in [-0.4, -0.2) is 98.3 Å². The van der Waals surface area contributed by atoms with Crippen molar-refractivity contribution in [3.63, 3.8) is 0 Å². The fourth-order valence-corrected chi connectivity index (χ4v) is 5.60. The third-order valence-electron chi connectivity index (χ3n) is 5.02. The summed E-state index contributed by atoms with van der Waals surface area (Å²) < 4.78 is 22.3. The van der Waals surface area contributed by atoms with Crippen LogP contribution in [0.3, 0.4) is 0 Å². The smallest absolute Gasteiger partial charge is 0.338 e. The van der Waals surface area contributed by atoms with E-state index in [2.05, 4.69) is 50.9 Å². The van der Waals surface area contributed by atoms with Gasteiger partial charge in [0.1, 0.15) is 18.3 Å². The van der Waals surface area contributed by atoms with Crippen molar-refractivity contribution >= 4 is 42.1 Å². The third-order valence-corrected chi connectivity index (χ3v) is 6.96. The number of ether oxygens (including phenoxy) is 2. The van der Waals surface area contributed by atoms with E-state index in [1.807, 2.05) is 6.92 Å². The largest absolute Gasteiger partial charge is 0.813 e. The maximum Gasteiger partial charge on any atom is 0.338 e. The summed E-state index contributed by atoms with van der Waals surface area (Å²) in [4.78, 5) is 23.0. The number of hydrogen-bond acceptors (Lipinski definition) is 11. The van der Waals surface area contributed by atoms with Gasteiger partial charge in [-0.15, -0.1) is 0 Å². The molecule has 10 nitrogen and oxygen atoms in total. The highest BCUT2D eigenvalue weighted by Gasteiger charge is 2.47. The first-order valence-electron chi connectivity index (χ1n) is 10.9. The van der Waals surface area contributed by atoms with Crippen molar-refractivity contribution in [2.75, 3.05) is 6.61 Å². The first kappa shape index (κ1) is 32.5. The zero-order valence-electron chi connectivity index (χ0n) is 20.7. The number of hydrogen-bond donors (Lipinski definition) is 4. The molecule has 2 fully saturated rings. The van der Waals surface area contributed by atoms with Gasteiger partial charge >= 0.3 is 11.9 Å². The lowest BCUT2D eigenvalue weighted by molar-refractivity contribution is -0.206. The molecular formula is C20H41O10SSi2-. The third kappa shape index (κ3) is 9.57. The average Bonchev–Trinajstić information content (AvgIpc) is 2.67. The molecule has 33 heavy (non-hydrogen) atoms. The second-order valence-corrected chi connectivity index (χ2v) is 19.1. The van der Waals surface area contributed by atoms with Gasteiger partial charge in [0, 0.05) is 5.92 Å². The summed E-state index contributed by atoms with van der Waals surface area (Å²) in [6.45, 7) is 16.3. The molecule has 2 aliphatic rings. The number of rotatable bonds is 6. The molecule has 0 aliphatic carbocycles. The second-order valence-electron chi connectivity index (χ2n) is 10.2. The Hall–Kier alpha value is -0.516. The quantitative estimate of drug-likeness (QED) is 0.161. The highest BCUT2D eigenvalue weighted by atomic mass is 32.1. The summed E-state index contributed by atoms with van der Waals surface area (Å²) in [6, 6.07) is 0. The van der Waals surface area contributed by atoms with Gasteiger partial charge in [-0.3, -0.25) is 0 Å². The molecule has 0 spiro atoms. The summed E-state index contributed by atoms with van der Waals surface area (Å²) in [5.41, 5.74) is 0. The molecule has 196 valence electrons. The lowest BCUT2D eigenvalue weighted by Crippen LogP contribution is -2.58. The number of carbonyl (C=O) groups excluding carboxylic acids is 2. The second kappa shape index (κ2) is 13.0. The van der Waals surface area contributed by atoms with Crippen LogP contribution in [0.4, 0.5) is 0 Å². The van der Waals surface area contributed by atoms with E-state index in [1.165, 1.54) is 0 Å². The van der Waals surface area contributed by atoms with Crippen molar-refractivity contribution in [3.05, 3.63) is 0 Å². The number of aliphatic hydroxyl groups is 4. The fourth-order valence-electron chi connectivity index (χ4n) is 3.45. The van der Waals surface area contributed by atoms with Gasteiger partial charge in [0.05, 0.1) is 12.7 Å². The summed E-state index contributed by atoms with van der Waals surface area (Å²) >= 11 is 0. The molecule has 13 heteroatoms. The van der Waals surface area contributed by atoms with Crippen LogP contribution in [0, 0.1) is 5.92 Å². The van der Waals surface area contributed by atoms with E-state index < -0.39 is 59.7 Å². The van der Waals surface area contributed by atoms with Crippen LogP contribution in [-0.2, 0) is 41.4 Å². The van der Waals surface area contributed by atoms with Gasteiger partial charge in [-0.1, -0.05) is 13.8 Å². The lowest BCUT2D eigenvalue weighted by atomic mass is 9.90. The molecule has 0 saturated carbocycles. The Kier molecular flexibility index (Phi) is 12.8. The molecule has 2 saturated heterocycles. The summed E-state index contributed by atoms with van der Waals surface area (Å²) in [7, 11) is -3.58. The van der Waals surface area contributed by atoms with Crippen LogP contribution in [0.5, 0.6) is 0 Å². The number of cyclic esters (lactones) is 2. The van der Waals surface area contributed by atoms with E-state index in [1.54, 1.807) is 0 Å². The Morgan fingerprint density at radius 1 is 0.848 bits per heavy atom. The number of thiol groups is 1. The Labute approximate surface area is 205 Å². The topological polar surface area (TPSA) is 152 Å². The van der Waals surface area contributed by atoms with Crippen molar-refractivity contribution in [3.8, 4) is 0 Å². The van der Waals surface area contributed by atoms with Crippen molar-refractivity contribution in [1.29, 1.82) is 0 Å². The molecule has 4 N–H and O–H groups in total. The zero-order chi connectivity index (χ0) is 25.0. The number of esters is 2. The highest BCUT2D eigenvalue weighted by Crippen LogP contribution is 2.32. The van der Waals surface area contributed by atoms with Crippen molar-refractivity contribution in [1.82, 2.24) is 0 Å². The molecule has 0 aromatic rings. The summed E-state index contributed by atoms with van der Waals surface area (Å²) in [5, 5.41) is 35.5. The van der Waals surface area contributed by atoms with Crippen LogP contribution < -0.4 is 0 Å². The molecule has 0 amide bonds. The van der Waals surface area contributed by atoms with E-state index in [9.17, 15) is 9.59 Å². The summed E-state index contributed by atoms with van der Waals surface area (Å²) in [6.07, 6.45) is -5.92. The van der Waals surface area contributed by atoms with Gasteiger partial charge < -0.3 is 52.2 Å². The Morgan fingerprint density at radius 2 is 1.33 bits per heavy atom. The van der Waals surface area contributed by atoms with E-state index in [0.29, 0.717) is 0 Å². The average molecular weight is 530 g/mol. The van der Waals surface area contributed by atoms with Crippen LogP contribution in [0.2, 0.25) is 39.3 Å². The molecule has 0 radical (unpaired) electrons. The van der Waals surface area contributed by atoms with Gasteiger partial charge in [0.25, 0.3) is 0 Å². The van der Waals surface area contributed by atoms with Gasteiger partial charge in [-0.05, 0) is 45.7 Å². The lowest BCUT2D eigenvalue weighted by Gasteiger charge is -2.44. The molecule has 0 aromatic carbocycles. The Morgan fingerprint density at radius 3 is 1.76 bits per heavy atom. The maximum absolute atomic E-state index is 12.3. The van der Waals surface area contributed by atoms with Crippen LogP contribution >= 0.6 is 0 Å². The highest BCUT2D eigenvalue weighted by molar-refractivity contribution is 7.37. The van der Waals surface area contributed by atoms with Gasteiger partial charge in [-0.25, -0.2) is 9.59 Å². The standard InChI is InChI=1S/C14H30O4Si2.C6H10O6.H2S/c1-9-11-10(2)12(17-19(3,4)5)13(14(15)16-11)18-20(6,7)8;7-1-2-3(8)4(9)5(10)6(11)12-2;/h10-13H,9H2,1-8H3;2-5,7-10H,1H2;1H2/p-1/t10-,11-,12+,13-;2-,3-,4+,5-;/m11./s1. The van der Waals surface area contributed by atoms with Crippen LogP contribution in [0.15, 0.2) is 0 Å². The fraction of sp³-hybridized carbons (Fsp3) is 0.900. The van der Waals surface area contributed by atoms with Crippen molar-refractivity contribution < 1.29 is 48.3 Å². The molecular weight excluding hydrogens is 488 g/mol. The first-order chi connectivity index (χ1) is 14.5. The predicted molar refractivity (Wildman–Crippen MR) is 130 cm³/mol. The van der Waals surface area contributed by atoms with Crippen LogP contribution in [0.25, 0.3) is 0 Å². The Balaban J connectivity index is 0.000000675. The molecule has 2 rings (SSSR count). The minimum absolute atomic E-state index is 0. The minimum atomic E-state index is -1.83. The molecule has 0 bridgehead atoms. The molecule has 2 heterocycles. The van der Waals surface area contributed by atoms with E-state index in [4.69, 9.17) is 34.0 Å². The van der Waals surface area contributed by atoms with Gasteiger partial charge in [0.2, 0.25) is 0 Å². The van der Waals surface area contributed by atoms with Gasteiger partial charge in [0.15, 0.2) is 34.9 Å². The first-order valence-corrected chi connectivity index (χ1v) is 17.8. The zero-order valence-corrected chi connectivity index (χ0v) is 23.6. The SMILES string of the molecule is CC[C@H]1OC(=O)[C@H](O[Si](C)(C)C)[C@@H](O[Si](C)(C)C)[C@@H]1C.O=C1O[C@H](CO)[C@@H](O)[C@H](O)[C@H]1O.[SH-]. The monoisotopic (exact) mass is 529 g/mol. The maximum atomic E-state index is 12.3. The number of aliphatic hydroxyl groups excluding tert-OH is 4. The van der Waals surface area contributed by atoms with Crippen molar-refractivity contribution in [2.24, 2.45) is 5.92 Å². The van der Waals surface area contributed by atoms with Gasteiger partial charge in [-0.2, -0.15) is 0 Å². The normalized spacial score (nSPS) is 34.9. The van der Waals surface area contributed by atoms with E-state index >= 15 is 0 Å². The molecule has 2 aliphatic heterocycles. The van der Waals surface area contributed by atoms with Crippen LogP contribution in [0.1, 0.15) is 20.3 Å². The van der Waals surface area contributed by atoms with Crippen molar-refractivity contribution in [2.45, 2.75) is 102 Å². The molecule has 0 unspecified atom stereocenters. The molecule has 8 atom stereocenters. The molecule has 0 aromatic heterocycles.